The molecule has 0 aromatic rings. The molecule has 20 heavy (non-hydrogen) atoms. The summed E-state index contributed by atoms with van der Waals surface area (Å²) in [5, 5.41) is 0. The summed E-state index contributed by atoms with van der Waals surface area (Å²) in [6.45, 7) is 2.61. The number of ether oxygens (including phenoxy) is 1. The maximum absolute atomic E-state index is 12.7. The minimum atomic E-state index is 0.239. The Hall–Kier alpha value is -0.610. The number of amides is 1. The van der Waals surface area contributed by atoms with Gasteiger partial charge in [-0.2, -0.15) is 0 Å². The van der Waals surface area contributed by atoms with Crippen LogP contribution in [0.3, 0.4) is 0 Å². The van der Waals surface area contributed by atoms with E-state index in [1.54, 1.807) is 0 Å². The molecule has 2 N–H and O–H groups in total. The minimum Gasteiger partial charge on any atom is -0.381 e. The molecule has 0 radical (unpaired) electrons. The molecule has 1 heterocycles. The molecule has 3 rings (SSSR count). The van der Waals surface area contributed by atoms with Gasteiger partial charge in [-0.3, -0.25) is 4.79 Å². The van der Waals surface area contributed by atoms with Crippen LogP contribution < -0.4 is 5.73 Å². The minimum absolute atomic E-state index is 0.239. The molecular formula is C16H28N2O2. The van der Waals surface area contributed by atoms with Crippen molar-refractivity contribution in [3.8, 4) is 0 Å². The van der Waals surface area contributed by atoms with Gasteiger partial charge in [-0.25, -0.2) is 0 Å². The molecule has 3 atom stereocenters. The summed E-state index contributed by atoms with van der Waals surface area (Å²) in [5.74, 6) is 1.32. The van der Waals surface area contributed by atoms with E-state index in [9.17, 15) is 4.79 Å². The molecule has 3 fully saturated rings. The van der Waals surface area contributed by atoms with E-state index in [0.717, 1.165) is 39.0 Å². The van der Waals surface area contributed by atoms with Crippen LogP contribution in [0.5, 0.6) is 0 Å². The zero-order valence-corrected chi connectivity index (χ0v) is 12.4. The third-order valence-corrected chi connectivity index (χ3v) is 5.19. The largest absolute Gasteiger partial charge is 0.381 e. The second-order valence-corrected chi connectivity index (χ2v) is 6.92. The Morgan fingerprint density at radius 2 is 1.95 bits per heavy atom. The molecule has 4 nitrogen and oxygen atoms in total. The monoisotopic (exact) mass is 280 g/mol. The van der Waals surface area contributed by atoms with Gasteiger partial charge in [-0.05, 0) is 38.0 Å². The van der Waals surface area contributed by atoms with Crippen LogP contribution in [-0.4, -0.2) is 42.6 Å². The zero-order valence-electron chi connectivity index (χ0n) is 12.4. The lowest BCUT2D eigenvalue weighted by Crippen LogP contribution is -2.41. The third-order valence-electron chi connectivity index (χ3n) is 5.19. The van der Waals surface area contributed by atoms with Gasteiger partial charge in [0.25, 0.3) is 0 Å². The fraction of sp³-hybridized carbons (Fsp3) is 0.938. The van der Waals surface area contributed by atoms with Crippen molar-refractivity contribution in [3.05, 3.63) is 0 Å². The Labute approximate surface area is 122 Å². The highest BCUT2D eigenvalue weighted by molar-refractivity contribution is 5.77. The molecular weight excluding hydrogens is 252 g/mol. The molecule has 1 amide bonds. The van der Waals surface area contributed by atoms with Crippen LogP contribution in [0.1, 0.15) is 51.4 Å². The molecule has 3 unspecified atom stereocenters. The highest BCUT2D eigenvalue weighted by Crippen LogP contribution is 2.32. The lowest BCUT2D eigenvalue weighted by Gasteiger charge is -2.31. The molecule has 2 saturated carbocycles. The molecule has 0 spiro atoms. The van der Waals surface area contributed by atoms with Crippen molar-refractivity contribution in [1.29, 1.82) is 0 Å². The van der Waals surface area contributed by atoms with Crippen LogP contribution in [0.4, 0.5) is 0 Å². The van der Waals surface area contributed by atoms with Crippen molar-refractivity contribution in [3.63, 3.8) is 0 Å². The highest BCUT2D eigenvalue weighted by Gasteiger charge is 2.36. The quantitative estimate of drug-likeness (QED) is 0.837. The van der Waals surface area contributed by atoms with Gasteiger partial charge in [0.15, 0.2) is 0 Å². The van der Waals surface area contributed by atoms with E-state index < -0.39 is 0 Å². The Balaban J connectivity index is 1.54. The van der Waals surface area contributed by atoms with Gasteiger partial charge in [0.2, 0.25) is 5.91 Å². The highest BCUT2D eigenvalue weighted by atomic mass is 16.5. The first-order chi connectivity index (χ1) is 9.74. The molecule has 2 aliphatic carbocycles. The van der Waals surface area contributed by atoms with Crippen molar-refractivity contribution in [1.82, 2.24) is 4.90 Å². The number of hydrogen-bond acceptors (Lipinski definition) is 3. The van der Waals surface area contributed by atoms with E-state index in [4.69, 9.17) is 10.5 Å². The third kappa shape index (κ3) is 3.53. The van der Waals surface area contributed by atoms with Crippen LogP contribution in [0.2, 0.25) is 0 Å². The van der Waals surface area contributed by atoms with Crippen molar-refractivity contribution in [2.45, 2.75) is 63.5 Å². The Morgan fingerprint density at radius 3 is 2.60 bits per heavy atom. The number of carbonyl (C=O) groups excluding carboxylic acids is 1. The second kappa shape index (κ2) is 6.44. The van der Waals surface area contributed by atoms with E-state index in [0.29, 0.717) is 30.2 Å². The summed E-state index contributed by atoms with van der Waals surface area (Å²) in [7, 11) is 0. The van der Waals surface area contributed by atoms with Gasteiger partial charge in [-0.1, -0.05) is 12.8 Å². The van der Waals surface area contributed by atoms with Crippen LogP contribution in [0.25, 0.3) is 0 Å². The van der Waals surface area contributed by atoms with Crippen LogP contribution in [0, 0.1) is 11.8 Å². The van der Waals surface area contributed by atoms with Gasteiger partial charge in [0, 0.05) is 37.6 Å². The predicted octanol–water partition coefficient (Wildman–Crippen LogP) is 1.92. The van der Waals surface area contributed by atoms with Crippen molar-refractivity contribution >= 4 is 5.91 Å². The second-order valence-electron chi connectivity index (χ2n) is 6.92. The maximum Gasteiger partial charge on any atom is 0.223 e. The van der Waals surface area contributed by atoms with Gasteiger partial charge in [0.1, 0.15) is 0 Å². The van der Waals surface area contributed by atoms with Crippen molar-refractivity contribution in [2.24, 2.45) is 17.6 Å². The summed E-state index contributed by atoms with van der Waals surface area (Å²) in [5.41, 5.74) is 6.19. The molecule has 4 heteroatoms. The lowest BCUT2D eigenvalue weighted by atomic mass is 9.82. The fourth-order valence-electron chi connectivity index (χ4n) is 3.68. The van der Waals surface area contributed by atoms with E-state index in [1.807, 2.05) is 0 Å². The van der Waals surface area contributed by atoms with Gasteiger partial charge < -0.3 is 15.4 Å². The summed E-state index contributed by atoms with van der Waals surface area (Å²) in [6, 6.07) is 0.756. The van der Waals surface area contributed by atoms with Crippen LogP contribution in [-0.2, 0) is 9.53 Å². The standard InChI is InChI=1S/C16H28N2O2/c17-15-4-2-1-3-13(15)9-16(19)18(14-5-6-14)10-12-7-8-20-11-12/h12-15H,1-11,17H2. The first-order valence-corrected chi connectivity index (χ1v) is 8.37. The number of hydrogen-bond donors (Lipinski definition) is 1. The van der Waals surface area contributed by atoms with E-state index >= 15 is 0 Å². The zero-order chi connectivity index (χ0) is 13.9. The number of carbonyl (C=O) groups is 1. The molecule has 3 aliphatic rings. The van der Waals surface area contributed by atoms with Crippen molar-refractivity contribution < 1.29 is 9.53 Å². The average molecular weight is 280 g/mol. The molecule has 1 aliphatic heterocycles. The van der Waals surface area contributed by atoms with Crippen molar-refractivity contribution in [2.75, 3.05) is 19.8 Å². The predicted molar refractivity (Wildman–Crippen MR) is 78.2 cm³/mol. The molecule has 0 aromatic heterocycles. The summed E-state index contributed by atoms with van der Waals surface area (Å²) in [6.07, 6.45) is 8.87. The normalized spacial score (nSPS) is 34.1. The van der Waals surface area contributed by atoms with E-state index in [-0.39, 0.29) is 6.04 Å². The first-order valence-electron chi connectivity index (χ1n) is 8.37. The number of rotatable bonds is 5. The molecule has 1 saturated heterocycles. The summed E-state index contributed by atoms with van der Waals surface area (Å²) >= 11 is 0. The van der Waals surface area contributed by atoms with Gasteiger partial charge in [-0.15, -0.1) is 0 Å². The Bertz CT molecular complexity index is 337. The van der Waals surface area contributed by atoms with Crippen LogP contribution in [0.15, 0.2) is 0 Å². The Kier molecular flexibility index (Phi) is 4.61. The molecule has 114 valence electrons. The van der Waals surface area contributed by atoms with Crippen LogP contribution >= 0.6 is 0 Å². The first kappa shape index (κ1) is 14.3. The van der Waals surface area contributed by atoms with E-state index in [1.165, 1.54) is 25.7 Å². The Morgan fingerprint density at radius 1 is 1.15 bits per heavy atom. The maximum atomic E-state index is 12.7. The summed E-state index contributed by atoms with van der Waals surface area (Å²) in [4.78, 5) is 14.8. The topological polar surface area (TPSA) is 55.6 Å². The van der Waals surface area contributed by atoms with Gasteiger partial charge >= 0.3 is 0 Å². The SMILES string of the molecule is NC1CCCCC1CC(=O)N(CC1CCOC1)C1CC1. The number of nitrogens with two attached hydrogens (primary N) is 1. The lowest BCUT2D eigenvalue weighted by molar-refractivity contribution is -0.133. The number of nitrogens with zero attached hydrogens (tertiary/aromatic N) is 1. The average Bonchev–Trinajstić information content (AvgIpc) is 3.15. The molecule has 0 aromatic carbocycles. The van der Waals surface area contributed by atoms with E-state index in [2.05, 4.69) is 4.90 Å². The smallest absolute Gasteiger partial charge is 0.223 e. The fourth-order valence-corrected chi connectivity index (χ4v) is 3.68. The summed E-state index contributed by atoms with van der Waals surface area (Å²) < 4.78 is 5.45. The van der Waals surface area contributed by atoms with Gasteiger partial charge in [0.05, 0.1) is 6.61 Å². The molecule has 0 bridgehead atoms.